The minimum absolute atomic E-state index is 0.0786. The standard InChI is InChI=1S/C27H24FN5O4/c1-32-25(34)21(19-14-30-27(37-3)31-24(19)36-2)22(26(32)35)20-15-33(23-18(20)7-4-12-29-23)13-5-6-16-8-10-17(28)11-9-16/h4,7-12,14-15H,5-6,13H2,1-3H3. The number of fused-ring (bicyclic) bond motifs is 1. The fraction of sp³-hybridized carbons (Fsp3) is 0.222. The average Bonchev–Trinajstić information content (AvgIpc) is 3.39. The van der Waals surface area contributed by atoms with Gasteiger partial charge in [0.1, 0.15) is 11.5 Å². The van der Waals surface area contributed by atoms with Crippen molar-refractivity contribution in [1.82, 2.24) is 24.4 Å². The second-order valence-electron chi connectivity index (χ2n) is 8.54. The Labute approximate surface area is 212 Å². The first kappa shape index (κ1) is 24.1. The van der Waals surface area contributed by atoms with E-state index >= 15 is 0 Å². The van der Waals surface area contributed by atoms with Crippen LogP contribution in [0.4, 0.5) is 4.39 Å². The Bertz CT molecular complexity index is 1540. The van der Waals surface area contributed by atoms with E-state index < -0.39 is 11.8 Å². The molecule has 1 aliphatic rings. The van der Waals surface area contributed by atoms with Gasteiger partial charge in [-0.2, -0.15) is 4.98 Å². The van der Waals surface area contributed by atoms with Crippen molar-refractivity contribution in [2.75, 3.05) is 21.3 Å². The molecule has 0 radical (unpaired) electrons. The molecule has 1 aromatic carbocycles. The Morgan fingerprint density at radius 3 is 2.38 bits per heavy atom. The number of benzene rings is 1. The summed E-state index contributed by atoms with van der Waals surface area (Å²) in [7, 11) is 4.29. The van der Waals surface area contributed by atoms with Crippen LogP contribution in [0, 0.1) is 5.82 Å². The summed E-state index contributed by atoms with van der Waals surface area (Å²) >= 11 is 0. The lowest BCUT2D eigenvalue weighted by molar-refractivity contribution is -0.134. The van der Waals surface area contributed by atoms with Gasteiger partial charge in [-0.05, 0) is 42.7 Å². The molecule has 0 saturated carbocycles. The first-order chi connectivity index (χ1) is 17.9. The van der Waals surface area contributed by atoms with Gasteiger partial charge >= 0.3 is 6.01 Å². The summed E-state index contributed by atoms with van der Waals surface area (Å²) in [4.78, 5) is 40.6. The molecule has 0 atom stereocenters. The number of likely N-dealkylation sites (N-methyl/N-ethyl adjacent to an activating group) is 1. The van der Waals surface area contributed by atoms with E-state index in [1.807, 2.05) is 16.8 Å². The van der Waals surface area contributed by atoms with Crippen LogP contribution < -0.4 is 9.47 Å². The number of hydrogen-bond acceptors (Lipinski definition) is 7. The molecule has 0 N–H and O–H groups in total. The number of imide groups is 1. The lowest BCUT2D eigenvalue weighted by Gasteiger charge is -2.10. The third-order valence-corrected chi connectivity index (χ3v) is 6.34. The van der Waals surface area contributed by atoms with Crippen molar-refractivity contribution in [1.29, 1.82) is 0 Å². The number of ether oxygens (including phenoxy) is 2. The maximum atomic E-state index is 13.4. The van der Waals surface area contributed by atoms with E-state index in [9.17, 15) is 14.0 Å². The molecule has 4 heterocycles. The first-order valence-corrected chi connectivity index (χ1v) is 11.6. The van der Waals surface area contributed by atoms with Crippen LogP contribution >= 0.6 is 0 Å². The van der Waals surface area contributed by atoms with E-state index in [0.717, 1.165) is 28.7 Å². The maximum absolute atomic E-state index is 13.4. The van der Waals surface area contributed by atoms with Crippen molar-refractivity contribution in [2.24, 2.45) is 0 Å². The van der Waals surface area contributed by atoms with E-state index in [2.05, 4.69) is 15.0 Å². The van der Waals surface area contributed by atoms with Gasteiger partial charge in [0.2, 0.25) is 5.88 Å². The number of aryl methyl sites for hydroxylation is 2. The molecule has 3 aromatic heterocycles. The molecule has 0 aliphatic carbocycles. The SMILES string of the molecule is COc1ncc(C2=C(c3cn(CCCc4ccc(F)cc4)c4ncccc34)C(=O)N(C)C2=O)c(OC)n1. The molecule has 0 fully saturated rings. The quantitative estimate of drug-likeness (QED) is 0.341. The molecule has 5 rings (SSSR count). The molecule has 188 valence electrons. The Kier molecular flexibility index (Phi) is 6.39. The summed E-state index contributed by atoms with van der Waals surface area (Å²) in [5.41, 5.74) is 2.98. The lowest BCUT2D eigenvalue weighted by atomic mass is 9.97. The van der Waals surface area contributed by atoms with Gasteiger partial charge in [0.15, 0.2) is 0 Å². The van der Waals surface area contributed by atoms with Gasteiger partial charge in [0.25, 0.3) is 11.8 Å². The Morgan fingerprint density at radius 2 is 1.68 bits per heavy atom. The third kappa shape index (κ3) is 4.31. The molecule has 2 amide bonds. The Balaban J connectivity index is 1.59. The van der Waals surface area contributed by atoms with Crippen LogP contribution in [-0.2, 0) is 22.6 Å². The topological polar surface area (TPSA) is 99.4 Å². The first-order valence-electron chi connectivity index (χ1n) is 11.6. The number of amides is 2. The summed E-state index contributed by atoms with van der Waals surface area (Å²) in [5.74, 6) is -1.06. The van der Waals surface area contributed by atoms with Crippen molar-refractivity contribution in [3.63, 3.8) is 0 Å². The van der Waals surface area contributed by atoms with Crippen LogP contribution in [-0.4, -0.2) is 57.5 Å². The minimum Gasteiger partial charge on any atom is -0.480 e. The highest BCUT2D eigenvalue weighted by molar-refractivity contribution is 6.49. The monoisotopic (exact) mass is 501 g/mol. The summed E-state index contributed by atoms with van der Waals surface area (Å²) in [6, 6.07) is 10.2. The van der Waals surface area contributed by atoms with Crippen LogP contribution in [0.1, 0.15) is 23.1 Å². The number of carbonyl (C=O) groups is 2. The van der Waals surface area contributed by atoms with Crippen LogP contribution in [0.15, 0.2) is 55.0 Å². The zero-order chi connectivity index (χ0) is 26.1. The van der Waals surface area contributed by atoms with Gasteiger partial charge in [0.05, 0.1) is 30.9 Å². The molecular weight excluding hydrogens is 477 g/mol. The van der Waals surface area contributed by atoms with Gasteiger partial charge in [-0.3, -0.25) is 14.5 Å². The van der Waals surface area contributed by atoms with Crippen molar-refractivity contribution >= 4 is 34.0 Å². The highest BCUT2D eigenvalue weighted by Crippen LogP contribution is 2.40. The summed E-state index contributed by atoms with van der Waals surface area (Å²) in [6.07, 6.45) is 6.47. The summed E-state index contributed by atoms with van der Waals surface area (Å²) in [6.45, 7) is 0.612. The number of aromatic nitrogens is 4. The fourth-order valence-corrected chi connectivity index (χ4v) is 4.51. The molecule has 0 saturated heterocycles. The van der Waals surface area contributed by atoms with E-state index in [-0.39, 0.29) is 28.9 Å². The predicted molar refractivity (Wildman–Crippen MR) is 134 cm³/mol. The van der Waals surface area contributed by atoms with Crippen molar-refractivity contribution < 1.29 is 23.5 Å². The van der Waals surface area contributed by atoms with Crippen molar-refractivity contribution in [3.05, 3.63) is 77.5 Å². The molecular formula is C27H24FN5O4. The molecule has 0 unspecified atom stereocenters. The summed E-state index contributed by atoms with van der Waals surface area (Å²) in [5, 5.41) is 0.738. The second kappa shape index (κ2) is 9.81. The molecule has 4 aromatic rings. The molecule has 37 heavy (non-hydrogen) atoms. The van der Waals surface area contributed by atoms with Crippen LogP contribution in [0.3, 0.4) is 0 Å². The highest BCUT2D eigenvalue weighted by atomic mass is 19.1. The number of halogens is 1. The number of pyridine rings is 1. The number of nitrogens with zero attached hydrogens (tertiary/aromatic N) is 5. The van der Waals surface area contributed by atoms with E-state index in [0.29, 0.717) is 23.3 Å². The molecule has 9 nitrogen and oxygen atoms in total. The van der Waals surface area contributed by atoms with Crippen LogP contribution in [0.2, 0.25) is 0 Å². The molecule has 1 aliphatic heterocycles. The maximum Gasteiger partial charge on any atom is 0.319 e. The predicted octanol–water partition coefficient (Wildman–Crippen LogP) is 3.52. The van der Waals surface area contributed by atoms with Gasteiger partial charge in [0, 0.05) is 43.1 Å². The molecule has 0 spiro atoms. The van der Waals surface area contributed by atoms with E-state index in [1.165, 1.54) is 39.6 Å². The fourth-order valence-electron chi connectivity index (χ4n) is 4.51. The molecule has 10 heteroatoms. The number of rotatable bonds is 8. The van der Waals surface area contributed by atoms with Gasteiger partial charge < -0.3 is 14.0 Å². The number of hydrogen-bond donors (Lipinski definition) is 0. The zero-order valence-electron chi connectivity index (χ0n) is 20.6. The average molecular weight is 502 g/mol. The normalized spacial score (nSPS) is 13.7. The van der Waals surface area contributed by atoms with Gasteiger partial charge in [-0.15, -0.1) is 0 Å². The third-order valence-electron chi connectivity index (χ3n) is 6.34. The smallest absolute Gasteiger partial charge is 0.319 e. The Morgan fingerprint density at radius 1 is 0.946 bits per heavy atom. The highest BCUT2D eigenvalue weighted by Gasteiger charge is 2.40. The minimum atomic E-state index is -0.479. The second-order valence-corrected chi connectivity index (χ2v) is 8.54. The van der Waals surface area contributed by atoms with Gasteiger partial charge in [-0.1, -0.05) is 12.1 Å². The van der Waals surface area contributed by atoms with Gasteiger partial charge in [-0.25, -0.2) is 14.4 Å². The summed E-state index contributed by atoms with van der Waals surface area (Å²) < 4.78 is 25.7. The van der Waals surface area contributed by atoms with E-state index in [1.54, 1.807) is 24.4 Å². The number of methoxy groups -OCH3 is 2. The largest absolute Gasteiger partial charge is 0.480 e. The van der Waals surface area contributed by atoms with Crippen molar-refractivity contribution in [3.8, 4) is 11.9 Å². The van der Waals surface area contributed by atoms with Crippen LogP contribution in [0.5, 0.6) is 11.9 Å². The lowest BCUT2D eigenvalue weighted by Crippen LogP contribution is -2.26. The van der Waals surface area contributed by atoms with Crippen LogP contribution in [0.25, 0.3) is 22.2 Å². The molecule has 0 bridgehead atoms. The number of carbonyl (C=O) groups excluding carboxylic acids is 2. The van der Waals surface area contributed by atoms with E-state index in [4.69, 9.17) is 9.47 Å². The Hall–Kier alpha value is -4.60. The zero-order valence-corrected chi connectivity index (χ0v) is 20.6. The van der Waals surface area contributed by atoms with Crippen molar-refractivity contribution in [2.45, 2.75) is 19.4 Å².